The molecule has 1 aromatic carbocycles. The number of aromatic nitrogens is 1. The number of amides is 1. The standard InChI is InChI=1S/C27H36ClN5O2/c28-23-5-2-1-4-21(23)19-31-14-10-22(11-15-31)32-12-3-13-33(17-16-32)26-25(34)9-8-24(30-26)27(35)29-18-20-6-7-20/h1-2,4-5,8-9,20,22,34H,3,6-7,10-19H2,(H,29,35). The Morgan fingerprint density at radius 2 is 1.80 bits per heavy atom. The van der Waals surface area contributed by atoms with Crippen molar-refractivity contribution < 1.29 is 9.90 Å². The Morgan fingerprint density at radius 3 is 2.57 bits per heavy atom. The number of nitrogens with zero attached hydrogens (tertiary/aromatic N) is 4. The van der Waals surface area contributed by atoms with Gasteiger partial charge in [-0.15, -0.1) is 0 Å². The molecule has 2 N–H and O–H groups in total. The molecule has 2 saturated heterocycles. The third-order valence-corrected chi connectivity index (χ3v) is 7.96. The maximum atomic E-state index is 12.5. The van der Waals surface area contributed by atoms with Crippen LogP contribution in [0.4, 0.5) is 5.82 Å². The molecular formula is C27H36ClN5O2. The lowest BCUT2D eigenvalue weighted by Crippen LogP contribution is -2.46. The molecule has 3 aliphatic rings. The fourth-order valence-electron chi connectivity index (χ4n) is 5.27. The first kappa shape index (κ1) is 24.3. The Kier molecular flexibility index (Phi) is 7.75. The van der Waals surface area contributed by atoms with Crippen molar-refractivity contribution in [1.82, 2.24) is 20.1 Å². The number of nitrogens with one attached hydrogen (secondary N) is 1. The minimum absolute atomic E-state index is 0.144. The number of carbonyl (C=O) groups excluding carboxylic acids is 1. The van der Waals surface area contributed by atoms with Crippen LogP contribution < -0.4 is 10.2 Å². The minimum atomic E-state index is -0.154. The largest absolute Gasteiger partial charge is 0.504 e. The highest BCUT2D eigenvalue weighted by Crippen LogP contribution is 2.29. The van der Waals surface area contributed by atoms with Gasteiger partial charge in [0.25, 0.3) is 5.91 Å². The quantitative estimate of drug-likeness (QED) is 0.607. The summed E-state index contributed by atoms with van der Waals surface area (Å²) in [5, 5.41) is 14.3. The zero-order valence-corrected chi connectivity index (χ0v) is 21.1. The molecule has 5 rings (SSSR count). The van der Waals surface area contributed by atoms with Gasteiger partial charge in [-0.1, -0.05) is 29.8 Å². The lowest BCUT2D eigenvalue weighted by molar-refractivity contribution is 0.0947. The summed E-state index contributed by atoms with van der Waals surface area (Å²) in [6.45, 7) is 7.40. The maximum Gasteiger partial charge on any atom is 0.269 e. The summed E-state index contributed by atoms with van der Waals surface area (Å²) in [5.74, 6) is 1.14. The molecule has 8 heteroatoms. The van der Waals surface area contributed by atoms with Crippen LogP contribution in [0.3, 0.4) is 0 Å². The lowest BCUT2D eigenvalue weighted by atomic mass is 10.0. The third kappa shape index (κ3) is 6.26. The summed E-state index contributed by atoms with van der Waals surface area (Å²) in [4.78, 5) is 24.3. The molecule has 1 aromatic heterocycles. The van der Waals surface area contributed by atoms with E-state index in [4.69, 9.17) is 11.6 Å². The molecule has 1 saturated carbocycles. The molecule has 1 amide bonds. The zero-order chi connectivity index (χ0) is 24.2. The number of carbonyl (C=O) groups is 1. The van der Waals surface area contributed by atoms with Gasteiger partial charge in [-0.3, -0.25) is 14.6 Å². The molecule has 0 atom stereocenters. The van der Waals surface area contributed by atoms with Crippen LogP contribution in [0.25, 0.3) is 0 Å². The molecule has 0 unspecified atom stereocenters. The highest BCUT2D eigenvalue weighted by Gasteiger charge is 2.28. The second-order valence-electron chi connectivity index (χ2n) is 10.2. The number of benzene rings is 1. The molecule has 1 aliphatic carbocycles. The highest BCUT2D eigenvalue weighted by molar-refractivity contribution is 6.31. The van der Waals surface area contributed by atoms with Gasteiger partial charge < -0.3 is 15.3 Å². The monoisotopic (exact) mass is 497 g/mol. The number of hydrogen-bond acceptors (Lipinski definition) is 6. The van der Waals surface area contributed by atoms with Crippen molar-refractivity contribution in [3.05, 3.63) is 52.7 Å². The maximum absolute atomic E-state index is 12.5. The van der Waals surface area contributed by atoms with Crippen molar-refractivity contribution in [3.63, 3.8) is 0 Å². The van der Waals surface area contributed by atoms with Crippen LogP contribution in [0.5, 0.6) is 5.75 Å². The second-order valence-corrected chi connectivity index (χ2v) is 10.6. The van der Waals surface area contributed by atoms with Crippen molar-refractivity contribution in [2.24, 2.45) is 5.92 Å². The Morgan fingerprint density at radius 1 is 1.00 bits per heavy atom. The predicted octanol–water partition coefficient (Wildman–Crippen LogP) is 3.76. The van der Waals surface area contributed by atoms with Gasteiger partial charge >= 0.3 is 0 Å². The van der Waals surface area contributed by atoms with E-state index in [2.05, 4.69) is 37.1 Å². The summed E-state index contributed by atoms with van der Waals surface area (Å²) in [7, 11) is 0. The minimum Gasteiger partial charge on any atom is -0.504 e. The van der Waals surface area contributed by atoms with E-state index in [1.807, 2.05) is 12.1 Å². The van der Waals surface area contributed by atoms with E-state index in [9.17, 15) is 9.90 Å². The van der Waals surface area contributed by atoms with Crippen LogP contribution in [0.15, 0.2) is 36.4 Å². The number of halogens is 1. The van der Waals surface area contributed by atoms with Gasteiger partial charge in [0.1, 0.15) is 5.69 Å². The number of pyridine rings is 1. The first-order valence-corrected chi connectivity index (χ1v) is 13.4. The lowest BCUT2D eigenvalue weighted by Gasteiger charge is -2.38. The molecule has 0 bridgehead atoms. The van der Waals surface area contributed by atoms with Gasteiger partial charge in [0.2, 0.25) is 0 Å². The SMILES string of the molecule is O=C(NCC1CC1)c1ccc(O)c(N2CCCN(C3CCN(Cc4ccccc4Cl)CC3)CC2)n1. The highest BCUT2D eigenvalue weighted by atomic mass is 35.5. The Labute approximate surface area is 213 Å². The van der Waals surface area contributed by atoms with Crippen LogP contribution in [-0.2, 0) is 6.54 Å². The summed E-state index contributed by atoms with van der Waals surface area (Å²) in [5.41, 5.74) is 1.58. The molecule has 35 heavy (non-hydrogen) atoms. The van der Waals surface area contributed by atoms with E-state index in [1.165, 1.54) is 18.4 Å². The van der Waals surface area contributed by atoms with E-state index >= 15 is 0 Å². The zero-order valence-electron chi connectivity index (χ0n) is 20.3. The number of aromatic hydroxyl groups is 1. The first-order chi connectivity index (χ1) is 17.1. The molecule has 188 valence electrons. The molecule has 0 spiro atoms. The number of likely N-dealkylation sites (tertiary alicyclic amines) is 1. The molecule has 2 aliphatic heterocycles. The van der Waals surface area contributed by atoms with Gasteiger partial charge in [-0.2, -0.15) is 0 Å². The molecule has 3 heterocycles. The van der Waals surface area contributed by atoms with Gasteiger partial charge in [0, 0.05) is 50.3 Å². The Hall–Kier alpha value is -2.35. The number of rotatable bonds is 7. The Bertz CT molecular complexity index is 1020. The van der Waals surface area contributed by atoms with Crippen LogP contribution in [0, 0.1) is 5.92 Å². The van der Waals surface area contributed by atoms with Crippen LogP contribution >= 0.6 is 11.6 Å². The van der Waals surface area contributed by atoms with Crippen LogP contribution in [0.1, 0.15) is 48.2 Å². The predicted molar refractivity (Wildman–Crippen MR) is 139 cm³/mol. The van der Waals surface area contributed by atoms with Crippen molar-refractivity contribution in [1.29, 1.82) is 0 Å². The molecule has 7 nitrogen and oxygen atoms in total. The van der Waals surface area contributed by atoms with Gasteiger partial charge in [0.05, 0.1) is 0 Å². The van der Waals surface area contributed by atoms with Gasteiger partial charge in [-0.05, 0) is 74.9 Å². The summed E-state index contributed by atoms with van der Waals surface area (Å²) < 4.78 is 0. The van der Waals surface area contributed by atoms with E-state index in [0.717, 1.165) is 70.1 Å². The number of hydrogen-bond donors (Lipinski definition) is 2. The summed E-state index contributed by atoms with van der Waals surface area (Å²) in [6, 6.07) is 11.9. The first-order valence-electron chi connectivity index (χ1n) is 13.0. The van der Waals surface area contributed by atoms with Crippen molar-refractivity contribution in [2.75, 3.05) is 50.7 Å². The molecule has 0 radical (unpaired) electrons. The second kappa shape index (κ2) is 11.1. The van der Waals surface area contributed by atoms with Crippen molar-refractivity contribution in [3.8, 4) is 5.75 Å². The summed E-state index contributed by atoms with van der Waals surface area (Å²) >= 11 is 6.36. The van der Waals surface area contributed by atoms with Gasteiger partial charge in [-0.25, -0.2) is 4.98 Å². The van der Waals surface area contributed by atoms with Crippen molar-refractivity contribution >= 4 is 23.3 Å². The topological polar surface area (TPSA) is 71.9 Å². The van der Waals surface area contributed by atoms with E-state index in [0.29, 0.717) is 30.0 Å². The fraction of sp³-hybridized carbons (Fsp3) is 0.556. The average molecular weight is 498 g/mol. The third-order valence-electron chi connectivity index (χ3n) is 7.59. The van der Waals surface area contributed by atoms with Crippen LogP contribution in [0.2, 0.25) is 5.02 Å². The van der Waals surface area contributed by atoms with E-state index < -0.39 is 0 Å². The van der Waals surface area contributed by atoms with Crippen molar-refractivity contribution in [2.45, 2.75) is 44.7 Å². The molecule has 2 aromatic rings. The number of anilines is 1. The number of piperidine rings is 1. The van der Waals surface area contributed by atoms with Crippen LogP contribution in [-0.4, -0.2) is 77.7 Å². The smallest absolute Gasteiger partial charge is 0.269 e. The summed E-state index contributed by atoms with van der Waals surface area (Å²) in [6.07, 6.45) is 5.71. The molecular weight excluding hydrogens is 462 g/mol. The van der Waals surface area contributed by atoms with Gasteiger partial charge in [0.15, 0.2) is 11.6 Å². The average Bonchev–Trinajstić information content (AvgIpc) is 3.72. The molecule has 3 fully saturated rings. The van der Waals surface area contributed by atoms with E-state index in [-0.39, 0.29) is 11.7 Å². The Balaban J connectivity index is 1.14. The van der Waals surface area contributed by atoms with E-state index in [1.54, 1.807) is 12.1 Å². The fourth-order valence-corrected chi connectivity index (χ4v) is 5.47. The normalized spacial score (nSPS) is 20.5.